The van der Waals surface area contributed by atoms with E-state index in [9.17, 15) is 4.79 Å². The molecule has 1 fully saturated rings. The number of hydrogen-bond acceptors (Lipinski definition) is 6. The van der Waals surface area contributed by atoms with Gasteiger partial charge in [-0.3, -0.25) is 9.69 Å². The van der Waals surface area contributed by atoms with Gasteiger partial charge in [-0.2, -0.15) is 0 Å². The van der Waals surface area contributed by atoms with Crippen LogP contribution in [0.15, 0.2) is 82.2 Å². The molecule has 1 aromatic heterocycles. The van der Waals surface area contributed by atoms with Gasteiger partial charge in [0.1, 0.15) is 11.3 Å². The Kier molecular flexibility index (Phi) is 5.51. The maximum absolute atomic E-state index is 13.1. The van der Waals surface area contributed by atoms with Crippen molar-refractivity contribution in [1.82, 2.24) is 5.16 Å². The van der Waals surface area contributed by atoms with Crippen molar-refractivity contribution < 1.29 is 14.1 Å². The molecule has 1 amide bonds. The first-order valence-corrected chi connectivity index (χ1v) is 11.3. The highest BCUT2D eigenvalue weighted by Crippen LogP contribution is 2.37. The van der Waals surface area contributed by atoms with E-state index in [1.807, 2.05) is 85.8 Å². The molecular weight excluding hydrogens is 440 g/mol. The van der Waals surface area contributed by atoms with Crippen molar-refractivity contribution in [3.8, 4) is 17.1 Å². The fourth-order valence-corrected chi connectivity index (χ4v) is 4.85. The van der Waals surface area contributed by atoms with Crippen molar-refractivity contribution in [3.63, 3.8) is 0 Å². The standard InChI is InChI=1S/C25H18N2O3S2/c1-2-29-19-11-9-18(10-12-19)27-24(28)22(32-25(27)31)15-16-8-13-21-20(14-16)23(30-26-21)17-6-4-3-5-7-17/h3-15H,2H2,1H3. The minimum absolute atomic E-state index is 0.141. The summed E-state index contributed by atoms with van der Waals surface area (Å²) in [5.74, 6) is 1.32. The van der Waals surface area contributed by atoms with Gasteiger partial charge in [0.25, 0.3) is 5.91 Å². The average Bonchev–Trinajstić information content (AvgIpc) is 3.35. The van der Waals surface area contributed by atoms with E-state index in [4.69, 9.17) is 21.5 Å². The Labute approximate surface area is 194 Å². The van der Waals surface area contributed by atoms with Crippen LogP contribution in [0.4, 0.5) is 5.69 Å². The Hall–Kier alpha value is -3.42. The third kappa shape index (κ3) is 3.81. The molecule has 0 N–H and O–H groups in total. The molecule has 4 aromatic rings. The van der Waals surface area contributed by atoms with Crippen molar-refractivity contribution in [3.05, 3.63) is 83.3 Å². The molecule has 0 aliphatic carbocycles. The summed E-state index contributed by atoms with van der Waals surface area (Å²) in [5.41, 5.74) is 3.32. The van der Waals surface area contributed by atoms with E-state index in [1.54, 1.807) is 4.90 Å². The van der Waals surface area contributed by atoms with Crippen LogP contribution in [0.2, 0.25) is 0 Å². The number of rotatable bonds is 5. The first-order valence-electron chi connectivity index (χ1n) is 10.1. The highest BCUT2D eigenvalue weighted by Gasteiger charge is 2.33. The molecule has 7 heteroatoms. The predicted octanol–water partition coefficient (Wildman–Crippen LogP) is 6.30. The molecule has 32 heavy (non-hydrogen) atoms. The van der Waals surface area contributed by atoms with Gasteiger partial charge in [0.2, 0.25) is 0 Å². The fraction of sp³-hybridized carbons (Fsp3) is 0.0800. The quantitative estimate of drug-likeness (QED) is 0.258. The van der Waals surface area contributed by atoms with Crippen LogP contribution >= 0.6 is 24.0 Å². The molecule has 5 nitrogen and oxygen atoms in total. The van der Waals surface area contributed by atoms with Crippen LogP contribution in [0.3, 0.4) is 0 Å². The number of thiocarbonyl (C=S) groups is 1. The van der Waals surface area contributed by atoms with Gasteiger partial charge in [0.05, 0.1) is 22.6 Å². The van der Waals surface area contributed by atoms with Crippen molar-refractivity contribution in [1.29, 1.82) is 0 Å². The Balaban J connectivity index is 1.46. The number of thioether (sulfide) groups is 1. The lowest BCUT2D eigenvalue weighted by molar-refractivity contribution is -0.113. The summed E-state index contributed by atoms with van der Waals surface area (Å²) in [7, 11) is 0. The van der Waals surface area contributed by atoms with Gasteiger partial charge < -0.3 is 9.26 Å². The Bertz CT molecular complexity index is 1340. The largest absolute Gasteiger partial charge is 0.494 e. The Morgan fingerprint density at radius 3 is 2.62 bits per heavy atom. The maximum atomic E-state index is 13.1. The number of ether oxygens (including phenoxy) is 1. The van der Waals surface area contributed by atoms with Crippen molar-refractivity contribution in [2.75, 3.05) is 11.5 Å². The highest BCUT2D eigenvalue weighted by molar-refractivity contribution is 8.27. The summed E-state index contributed by atoms with van der Waals surface area (Å²) in [5, 5.41) is 5.06. The third-order valence-corrected chi connectivity index (χ3v) is 6.34. The van der Waals surface area contributed by atoms with E-state index < -0.39 is 0 Å². The van der Waals surface area contributed by atoms with E-state index in [1.165, 1.54) is 11.8 Å². The van der Waals surface area contributed by atoms with Crippen LogP contribution in [0.25, 0.3) is 28.3 Å². The lowest BCUT2D eigenvalue weighted by Crippen LogP contribution is -2.27. The number of hydrogen-bond donors (Lipinski definition) is 0. The minimum Gasteiger partial charge on any atom is -0.494 e. The average molecular weight is 459 g/mol. The second-order valence-electron chi connectivity index (χ2n) is 7.10. The van der Waals surface area contributed by atoms with E-state index in [0.717, 1.165) is 33.5 Å². The summed E-state index contributed by atoms with van der Waals surface area (Å²) in [6.45, 7) is 2.52. The minimum atomic E-state index is -0.141. The number of fused-ring (bicyclic) bond motifs is 1. The van der Waals surface area contributed by atoms with Crippen LogP contribution < -0.4 is 9.64 Å². The Morgan fingerprint density at radius 1 is 1.09 bits per heavy atom. The predicted molar refractivity (Wildman–Crippen MR) is 133 cm³/mol. The Morgan fingerprint density at radius 2 is 1.88 bits per heavy atom. The number of anilines is 1. The molecule has 0 radical (unpaired) electrons. The smallest absolute Gasteiger partial charge is 0.270 e. The molecule has 0 bridgehead atoms. The molecule has 1 aliphatic rings. The number of amides is 1. The van der Waals surface area contributed by atoms with Crippen LogP contribution in [0.5, 0.6) is 5.75 Å². The summed E-state index contributed by atoms with van der Waals surface area (Å²) in [6.07, 6.45) is 1.86. The first-order chi connectivity index (χ1) is 15.6. The molecule has 0 atom stereocenters. The van der Waals surface area contributed by atoms with Crippen LogP contribution in [0, 0.1) is 0 Å². The van der Waals surface area contributed by atoms with Gasteiger partial charge in [-0.25, -0.2) is 0 Å². The summed E-state index contributed by atoms with van der Waals surface area (Å²) >= 11 is 6.79. The van der Waals surface area contributed by atoms with E-state index in [-0.39, 0.29) is 5.91 Å². The van der Waals surface area contributed by atoms with Gasteiger partial charge in [0, 0.05) is 5.56 Å². The van der Waals surface area contributed by atoms with Crippen molar-refractivity contribution >= 4 is 56.9 Å². The molecule has 158 valence electrons. The van der Waals surface area contributed by atoms with E-state index in [0.29, 0.717) is 21.6 Å². The molecule has 1 saturated heterocycles. The molecular formula is C25H18N2O3S2. The molecule has 0 saturated carbocycles. The zero-order chi connectivity index (χ0) is 22.1. The fourth-order valence-electron chi connectivity index (χ4n) is 3.55. The number of carbonyl (C=O) groups is 1. The van der Waals surface area contributed by atoms with Gasteiger partial charge in [-0.15, -0.1) is 0 Å². The second kappa shape index (κ2) is 8.61. The van der Waals surface area contributed by atoms with Gasteiger partial charge in [-0.1, -0.05) is 65.5 Å². The van der Waals surface area contributed by atoms with Crippen LogP contribution in [-0.2, 0) is 4.79 Å². The van der Waals surface area contributed by atoms with Gasteiger partial charge >= 0.3 is 0 Å². The van der Waals surface area contributed by atoms with E-state index >= 15 is 0 Å². The van der Waals surface area contributed by atoms with Crippen molar-refractivity contribution in [2.24, 2.45) is 0 Å². The molecule has 1 aliphatic heterocycles. The molecule has 3 aromatic carbocycles. The van der Waals surface area contributed by atoms with Gasteiger partial charge in [-0.05, 0) is 55.0 Å². The number of carbonyl (C=O) groups excluding carboxylic acids is 1. The number of benzene rings is 3. The SMILES string of the molecule is CCOc1ccc(N2C(=O)C(=Cc3ccc4noc(-c5ccccc5)c4c3)SC2=S)cc1. The van der Waals surface area contributed by atoms with Crippen molar-refractivity contribution in [2.45, 2.75) is 6.92 Å². The lowest BCUT2D eigenvalue weighted by Gasteiger charge is -2.15. The first kappa shape index (κ1) is 20.5. The normalized spacial score (nSPS) is 15.2. The van der Waals surface area contributed by atoms with Crippen LogP contribution in [0.1, 0.15) is 12.5 Å². The second-order valence-corrected chi connectivity index (χ2v) is 8.77. The maximum Gasteiger partial charge on any atom is 0.270 e. The molecule has 2 heterocycles. The molecule has 0 unspecified atom stereocenters. The lowest BCUT2D eigenvalue weighted by atomic mass is 10.1. The monoisotopic (exact) mass is 458 g/mol. The summed E-state index contributed by atoms with van der Waals surface area (Å²) in [6, 6.07) is 23.0. The van der Waals surface area contributed by atoms with Gasteiger partial charge in [0.15, 0.2) is 10.1 Å². The molecule has 0 spiro atoms. The van der Waals surface area contributed by atoms with E-state index in [2.05, 4.69) is 5.16 Å². The summed E-state index contributed by atoms with van der Waals surface area (Å²) in [4.78, 5) is 15.2. The summed E-state index contributed by atoms with van der Waals surface area (Å²) < 4.78 is 11.6. The highest BCUT2D eigenvalue weighted by atomic mass is 32.2. The zero-order valence-corrected chi connectivity index (χ0v) is 18.8. The molecule has 5 rings (SSSR count). The number of nitrogens with zero attached hydrogens (tertiary/aromatic N) is 2. The van der Waals surface area contributed by atoms with Crippen LogP contribution in [-0.4, -0.2) is 22.0 Å². The third-order valence-electron chi connectivity index (χ3n) is 5.03. The number of aromatic nitrogens is 1. The topological polar surface area (TPSA) is 55.6 Å². The zero-order valence-electron chi connectivity index (χ0n) is 17.1.